The normalized spacial score (nSPS) is 11.6. The SMILES string of the molecule is COc1ccc2c(c1)[nH]c1c(C)c3ccncc3c(C)c12. The quantitative estimate of drug-likeness (QED) is 0.556. The molecule has 0 aliphatic heterocycles. The number of H-pyrrole nitrogens is 1. The highest BCUT2D eigenvalue weighted by Gasteiger charge is 2.14. The van der Waals surface area contributed by atoms with Gasteiger partial charge in [-0.05, 0) is 48.6 Å². The number of hydrogen-bond donors (Lipinski definition) is 1. The molecule has 0 aliphatic carbocycles. The molecule has 0 bridgehead atoms. The van der Waals surface area contributed by atoms with E-state index in [0.29, 0.717) is 0 Å². The van der Waals surface area contributed by atoms with Crippen LogP contribution in [0.4, 0.5) is 0 Å². The first-order valence-corrected chi connectivity index (χ1v) is 7.03. The van der Waals surface area contributed by atoms with Gasteiger partial charge in [0.1, 0.15) is 5.75 Å². The molecule has 0 unspecified atom stereocenters. The Hall–Kier alpha value is -2.55. The second-order valence-corrected chi connectivity index (χ2v) is 5.46. The van der Waals surface area contributed by atoms with Gasteiger partial charge in [0.25, 0.3) is 0 Å². The monoisotopic (exact) mass is 276 g/mol. The fourth-order valence-corrected chi connectivity index (χ4v) is 3.26. The molecule has 2 aromatic heterocycles. The molecule has 4 rings (SSSR count). The lowest BCUT2D eigenvalue weighted by Crippen LogP contribution is -1.87. The van der Waals surface area contributed by atoms with E-state index in [4.69, 9.17) is 4.74 Å². The molecule has 0 saturated carbocycles. The number of rotatable bonds is 1. The first kappa shape index (κ1) is 12.2. The fourth-order valence-electron chi connectivity index (χ4n) is 3.26. The molecular formula is C18H16N2O. The summed E-state index contributed by atoms with van der Waals surface area (Å²) in [6.45, 7) is 4.33. The molecule has 3 nitrogen and oxygen atoms in total. The van der Waals surface area contributed by atoms with Crippen molar-refractivity contribution in [1.29, 1.82) is 0 Å². The number of ether oxygens (including phenoxy) is 1. The number of pyridine rings is 1. The number of fused-ring (bicyclic) bond motifs is 4. The molecule has 0 aliphatic rings. The number of methoxy groups -OCH3 is 1. The van der Waals surface area contributed by atoms with Gasteiger partial charge in [-0.3, -0.25) is 4.98 Å². The van der Waals surface area contributed by atoms with Crippen LogP contribution < -0.4 is 4.74 Å². The van der Waals surface area contributed by atoms with Crippen LogP contribution in [0, 0.1) is 13.8 Å². The van der Waals surface area contributed by atoms with E-state index in [1.165, 1.54) is 38.2 Å². The predicted molar refractivity (Wildman–Crippen MR) is 87.1 cm³/mol. The van der Waals surface area contributed by atoms with E-state index in [2.05, 4.69) is 42.0 Å². The van der Waals surface area contributed by atoms with Gasteiger partial charge in [-0.1, -0.05) is 0 Å². The van der Waals surface area contributed by atoms with Crippen molar-refractivity contribution < 1.29 is 4.74 Å². The number of benzene rings is 2. The van der Waals surface area contributed by atoms with E-state index in [1.807, 2.05) is 18.5 Å². The minimum absolute atomic E-state index is 0.871. The zero-order valence-electron chi connectivity index (χ0n) is 12.3. The van der Waals surface area contributed by atoms with Crippen LogP contribution in [0.15, 0.2) is 36.7 Å². The summed E-state index contributed by atoms with van der Waals surface area (Å²) in [4.78, 5) is 7.84. The highest BCUT2D eigenvalue weighted by atomic mass is 16.5. The van der Waals surface area contributed by atoms with Crippen molar-refractivity contribution in [2.75, 3.05) is 7.11 Å². The molecule has 21 heavy (non-hydrogen) atoms. The Labute approximate surface area is 122 Å². The van der Waals surface area contributed by atoms with Crippen molar-refractivity contribution in [3.63, 3.8) is 0 Å². The number of aromatic amines is 1. The molecule has 0 atom stereocenters. The first-order valence-electron chi connectivity index (χ1n) is 7.03. The summed E-state index contributed by atoms with van der Waals surface area (Å²) in [6.07, 6.45) is 3.81. The lowest BCUT2D eigenvalue weighted by Gasteiger charge is -2.08. The van der Waals surface area contributed by atoms with Crippen LogP contribution in [-0.2, 0) is 0 Å². The van der Waals surface area contributed by atoms with E-state index in [9.17, 15) is 0 Å². The lowest BCUT2D eigenvalue weighted by atomic mass is 9.97. The second kappa shape index (κ2) is 4.22. The summed E-state index contributed by atoms with van der Waals surface area (Å²) < 4.78 is 5.33. The molecule has 3 heteroatoms. The Bertz CT molecular complexity index is 999. The highest BCUT2D eigenvalue weighted by Crippen LogP contribution is 2.36. The van der Waals surface area contributed by atoms with Gasteiger partial charge in [-0.2, -0.15) is 0 Å². The van der Waals surface area contributed by atoms with Crippen LogP contribution >= 0.6 is 0 Å². The standard InChI is InChI=1S/C18H16N2O/c1-10-15-9-19-7-6-13(15)11(2)18-17(10)14-5-4-12(21-3)8-16(14)20-18/h4-9,20H,1-3H3. The van der Waals surface area contributed by atoms with Crippen molar-refractivity contribution in [3.8, 4) is 5.75 Å². The molecule has 0 fully saturated rings. The largest absolute Gasteiger partial charge is 0.497 e. The fraction of sp³-hybridized carbons (Fsp3) is 0.167. The molecule has 1 N–H and O–H groups in total. The van der Waals surface area contributed by atoms with Crippen LogP contribution in [0.5, 0.6) is 5.75 Å². The van der Waals surface area contributed by atoms with Gasteiger partial charge in [0.2, 0.25) is 0 Å². The molecule has 0 radical (unpaired) electrons. The highest BCUT2D eigenvalue weighted by molar-refractivity contribution is 6.16. The Morgan fingerprint density at radius 3 is 2.67 bits per heavy atom. The summed E-state index contributed by atoms with van der Waals surface area (Å²) in [5, 5.41) is 5.00. The number of hydrogen-bond acceptors (Lipinski definition) is 2. The van der Waals surface area contributed by atoms with Crippen molar-refractivity contribution in [3.05, 3.63) is 47.8 Å². The third-order valence-corrected chi connectivity index (χ3v) is 4.38. The van der Waals surface area contributed by atoms with Crippen LogP contribution in [0.2, 0.25) is 0 Å². The molecule has 104 valence electrons. The van der Waals surface area contributed by atoms with Gasteiger partial charge >= 0.3 is 0 Å². The van der Waals surface area contributed by atoms with E-state index < -0.39 is 0 Å². The van der Waals surface area contributed by atoms with Crippen LogP contribution in [0.1, 0.15) is 11.1 Å². The van der Waals surface area contributed by atoms with E-state index in [1.54, 1.807) is 7.11 Å². The van der Waals surface area contributed by atoms with Crippen LogP contribution in [-0.4, -0.2) is 17.1 Å². The Morgan fingerprint density at radius 1 is 1.00 bits per heavy atom. The zero-order valence-corrected chi connectivity index (χ0v) is 12.3. The topological polar surface area (TPSA) is 37.9 Å². The third kappa shape index (κ3) is 1.57. The van der Waals surface area contributed by atoms with E-state index in [-0.39, 0.29) is 0 Å². The van der Waals surface area contributed by atoms with Gasteiger partial charge in [0.05, 0.1) is 18.1 Å². The number of aromatic nitrogens is 2. The summed E-state index contributed by atoms with van der Waals surface area (Å²) >= 11 is 0. The average molecular weight is 276 g/mol. The Balaban J connectivity index is 2.27. The number of nitrogens with one attached hydrogen (secondary N) is 1. The number of nitrogens with zero attached hydrogens (tertiary/aromatic N) is 1. The minimum atomic E-state index is 0.871. The van der Waals surface area contributed by atoms with E-state index >= 15 is 0 Å². The predicted octanol–water partition coefficient (Wildman–Crippen LogP) is 4.49. The first-order chi connectivity index (χ1) is 10.2. The van der Waals surface area contributed by atoms with Gasteiger partial charge in [0, 0.05) is 34.6 Å². The van der Waals surface area contributed by atoms with Crippen molar-refractivity contribution in [1.82, 2.24) is 9.97 Å². The molecule has 0 amide bonds. The molecule has 4 aromatic rings. The smallest absolute Gasteiger partial charge is 0.120 e. The second-order valence-electron chi connectivity index (χ2n) is 5.46. The third-order valence-electron chi connectivity index (χ3n) is 4.38. The summed E-state index contributed by atoms with van der Waals surface area (Å²) in [7, 11) is 1.69. The molecule has 0 saturated heterocycles. The summed E-state index contributed by atoms with van der Waals surface area (Å²) in [6, 6.07) is 8.28. The van der Waals surface area contributed by atoms with Gasteiger partial charge < -0.3 is 9.72 Å². The Morgan fingerprint density at radius 2 is 1.86 bits per heavy atom. The van der Waals surface area contributed by atoms with Crippen molar-refractivity contribution >= 4 is 32.6 Å². The van der Waals surface area contributed by atoms with Crippen LogP contribution in [0.3, 0.4) is 0 Å². The molecule has 2 aromatic carbocycles. The van der Waals surface area contributed by atoms with E-state index in [0.717, 1.165) is 11.3 Å². The lowest BCUT2D eigenvalue weighted by molar-refractivity contribution is 0.415. The maximum absolute atomic E-state index is 5.33. The summed E-state index contributed by atoms with van der Waals surface area (Å²) in [5.74, 6) is 0.871. The van der Waals surface area contributed by atoms with Crippen molar-refractivity contribution in [2.45, 2.75) is 13.8 Å². The maximum Gasteiger partial charge on any atom is 0.120 e. The minimum Gasteiger partial charge on any atom is -0.497 e. The van der Waals surface area contributed by atoms with Crippen LogP contribution in [0.25, 0.3) is 32.6 Å². The Kier molecular flexibility index (Phi) is 2.45. The molecule has 0 spiro atoms. The van der Waals surface area contributed by atoms with Gasteiger partial charge in [-0.25, -0.2) is 0 Å². The van der Waals surface area contributed by atoms with Gasteiger partial charge in [-0.15, -0.1) is 0 Å². The van der Waals surface area contributed by atoms with Gasteiger partial charge in [0.15, 0.2) is 0 Å². The summed E-state index contributed by atoms with van der Waals surface area (Å²) in [5.41, 5.74) is 4.85. The molecular weight excluding hydrogens is 260 g/mol. The van der Waals surface area contributed by atoms with Crippen molar-refractivity contribution in [2.24, 2.45) is 0 Å². The number of aryl methyl sites for hydroxylation is 2. The molecule has 2 heterocycles. The maximum atomic E-state index is 5.33. The zero-order chi connectivity index (χ0) is 14.6. The average Bonchev–Trinajstić information content (AvgIpc) is 2.91.